The van der Waals surface area contributed by atoms with Crippen molar-refractivity contribution >= 4 is 11.9 Å². The molecule has 1 unspecified atom stereocenters. The summed E-state index contributed by atoms with van der Waals surface area (Å²) >= 11 is 0. The fraction of sp³-hybridized carbons (Fsp3) is 0.818. The minimum absolute atomic E-state index is 0.0314. The summed E-state index contributed by atoms with van der Waals surface area (Å²) in [6.45, 7) is 8.21. The van der Waals surface area contributed by atoms with E-state index >= 15 is 0 Å². The highest BCUT2D eigenvalue weighted by Crippen LogP contribution is 2.16. The van der Waals surface area contributed by atoms with E-state index in [-0.39, 0.29) is 12.0 Å². The number of nitrogens with zero attached hydrogens (tertiary/aromatic N) is 1. The zero-order chi connectivity index (χ0) is 12.9. The van der Waals surface area contributed by atoms with E-state index < -0.39 is 17.9 Å². The van der Waals surface area contributed by atoms with Gasteiger partial charge in [-0.3, -0.25) is 14.5 Å². The molecule has 0 aromatic carbocycles. The summed E-state index contributed by atoms with van der Waals surface area (Å²) in [6.07, 6.45) is 0.0314. The van der Waals surface area contributed by atoms with E-state index in [0.29, 0.717) is 13.1 Å². The third-order valence-electron chi connectivity index (χ3n) is 2.46. The van der Waals surface area contributed by atoms with Crippen molar-refractivity contribution in [3.05, 3.63) is 0 Å². The summed E-state index contributed by atoms with van der Waals surface area (Å²) in [5.41, 5.74) is -0.223. The van der Waals surface area contributed by atoms with E-state index in [4.69, 9.17) is 10.2 Å². The van der Waals surface area contributed by atoms with Gasteiger partial charge in [0.25, 0.3) is 0 Å². The van der Waals surface area contributed by atoms with Gasteiger partial charge in [0.2, 0.25) is 0 Å². The van der Waals surface area contributed by atoms with Gasteiger partial charge >= 0.3 is 11.9 Å². The van der Waals surface area contributed by atoms with Crippen molar-refractivity contribution in [3.63, 3.8) is 0 Å². The topological polar surface area (TPSA) is 77.8 Å². The van der Waals surface area contributed by atoms with E-state index in [1.807, 2.05) is 25.7 Å². The van der Waals surface area contributed by atoms with Gasteiger partial charge in [0.15, 0.2) is 0 Å². The average molecular weight is 231 g/mol. The van der Waals surface area contributed by atoms with Crippen LogP contribution in [0.3, 0.4) is 0 Å². The SMILES string of the molecule is CC(CN(CCC(=O)O)C(C)(C)C)C(=O)O. The number of hydrogen-bond acceptors (Lipinski definition) is 3. The highest BCUT2D eigenvalue weighted by Gasteiger charge is 2.25. The van der Waals surface area contributed by atoms with Gasteiger partial charge in [0, 0.05) is 18.6 Å². The van der Waals surface area contributed by atoms with Crippen molar-refractivity contribution in [2.75, 3.05) is 13.1 Å². The lowest BCUT2D eigenvalue weighted by Crippen LogP contribution is -2.45. The molecule has 0 aromatic heterocycles. The van der Waals surface area contributed by atoms with Gasteiger partial charge in [-0.25, -0.2) is 0 Å². The largest absolute Gasteiger partial charge is 0.481 e. The summed E-state index contributed by atoms with van der Waals surface area (Å²) in [7, 11) is 0. The van der Waals surface area contributed by atoms with E-state index in [1.54, 1.807) is 6.92 Å². The maximum Gasteiger partial charge on any atom is 0.307 e. The summed E-state index contributed by atoms with van der Waals surface area (Å²) in [5, 5.41) is 17.5. The van der Waals surface area contributed by atoms with Gasteiger partial charge in [-0.1, -0.05) is 6.92 Å². The Labute approximate surface area is 96.1 Å². The number of hydrogen-bond donors (Lipinski definition) is 2. The Bertz CT molecular complexity index is 257. The first kappa shape index (κ1) is 14.9. The maximum absolute atomic E-state index is 10.8. The lowest BCUT2D eigenvalue weighted by molar-refractivity contribution is -0.142. The van der Waals surface area contributed by atoms with Crippen molar-refractivity contribution in [1.29, 1.82) is 0 Å². The molecule has 0 aliphatic carbocycles. The molecular weight excluding hydrogens is 210 g/mol. The maximum atomic E-state index is 10.8. The standard InChI is InChI=1S/C11H21NO4/c1-8(10(15)16)7-12(11(2,3)4)6-5-9(13)14/h8H,5-7H2,1-4H3,(H,13,14)(H,15,16). The molecular formula is C11H21NO4. The van der Waals surface area contributed by atoms with Crippen molar-refractivity contribution in [1.82, 2.24) is 4.90 Å². The summed E-state index contributed by atoms with van der Waals surface area (Å²) in [4.78, 5) is 23.2. The third-order valence-corrected chi connectivity index (χ3v) is 2.46. The Balaban J connectivity index is 4.44. The van der Waals surface area contributed by atoms with Crippen molar-refractivity contribution in [2.24, 2.45) is 5.92 Å². The number of carbonyl (C=O) groups is 2. The van der Waals surface area contributed by atoms with Gasteiger partial charge in [0.1, 0.15) is 0 Å². The molecule has 5 heteroatoms. The fourth-order valence-corrected chi connectivity index (χ4v) is 1.34. The predicted molar refractivity (Wildman–Crippen MR) is 60.4 cm³/mol. The second-order valence-corrected chi connectivity index (χ2v) is 5.00. The molecule has 0 bridgehead atoms. The zero-order valence-electron chi connectivity index (χ0n) is 10.4. The van der Waals surface area contributed by atoms with Crippen LogP contribution in [0.5, 0.6) is 0 Å². The van der Waals surface area contributed by atoms with Crippen LogP contribution in [0.1, 0.15) is 34.1 Å². The van der Waals surface area contributed by atoms with Gasteiger partial charge in [0.05, 0.1) is 12.3 Å². The number of carboxylic acids is 2. The monoisotopic (exact) mass is 231 g/mol. The number of rotatable bonds is 6. The quantitative estimate of drug-likeness (QED) is 0.720. The molecule has 0 fully saturated rings. The Morgan fingerprint density at radius 2 is 1.75 bits per heavy atom. The van der Waals surface area contributed by atoms with E-state index in [2.05, 4.69) is 0 Å². The summed E-state index contributed by atoms with van der Waals surface area (Å²) in [6, 6.07) is 0. The van der Waals surface area contributed by atoms with Crippen LogP contribution in [0.25, 0.3) is 0 Å². The number of aliphatic carboxylic acids is 2. The minimum Gasteiger partial charge on any atom is -0.481 e. The van der Waals surface area contributed by atoms with Crippen LogP contribution in [0, 0.1) is 5.92 Å². The molecule has 0 amide bonds. The molecule has 0 spiro atoms. The highest BCUT2D eigenvalue weighted by molar-refractivity contribution is 5.69. The molecule has 94 valence electrons. The van der Waals surface area contributed by atoms with Crippen LogP contribution in [-0.4, -0.2) is 45.7 Å². The van der Waals surface area contributed by atoms with Gasteiger partial charge in [-0.2, -0.15) is 0 Å². The van der Waals surface area contributed by atoms with Gasteiger partial charge in [-0.15, -0.1) is 0 Å². The van der Waals surface area contributed by atoms with Crippen LogP contribution in [-0.2, 0) is 9.59 Å². The Kier molecular flexibility index (Phi) is 5.44. The molecule has 0 saturated heterocycles. The van der Waals surface area contributed by atoms with Crippen LogP contribution in [0.15, 0.2) is 0 Å². The molecule has 0 radical (unpaired) electrons. The van der Waals surface area contributed by atoms with Crippen LogP contribution < -0.4 is 0 Å². The lowest BCUT2D eigenvalue weighted by atomic mass is 10.0. The first-order chi connectivity index (χ1) is 7.14. The average Bonchev–Trinajstić information content (AvgIpc) is 2.09. The first-order valence-corrected chi connectivity index (χ1v) is 5.34. The molecule has 0 saturated carbocycles. The van der Waals surface area contributed by atoms with Crippen LogP contribution in [0.2, 0.25) is 0 Å². The number of carboxylic acid groups (broad SMARTS) is 2. The van der Waals surface area contributed by atoms with Crippen molar-refractivity contribution in [3.8, 4) is 0 Å². The Hall–Kier alpha value is -1.10. The zero-order valence-corrected chi connectivity index (χ0v) is 10.4. The van der Waals surface area contributed by atoms with E-state index in [9.17, 15) is 9.59 Å². The fourth-order valence-electron chi connectivity index (χ4n) is 1.34. The molecule has 0 heterocycles. The second kappa shape index (κ2) is 5.84. The van der Waals surface area contributed by atoms with Crippen LogP contribution >= 0.6 is 0 Å². The van der Waals surface area contributed by atoms with E-state index in [1.165, 1.54) is 0 Å². The molecule has 2 N–H and O–H groups in total. The predicted octanol–water partition coefficient (Wildman–Crippen LogP) is 1.28. The first-order valence-electron chi connectivity index (χ1n) is 5.34. The Morgan fingerprint density at radius 1 is 1.25 bits per heavy atom. The third kappa shape index (κ3) is 5.70. The second-order valence-electron chi connectivity index (χ2n) is 5.00. The van der Waals surface area contributed by atoms with Crippen molar-refractivity contribution in [2.45, 2.75) is 39.7 Å². The molecule has 0 aliphatic heterocycles. The van der Waals surface area contributed by atoms with Crippen LogP contribution in [0.4, 0.5) is 0 Å². The lowest BCUT2D eigenvalue weighted by Gasteiger charge is -2.36. The minimum atomic E-state index is -0.864. The Morgan fingerprint density at radius 3 is 2.06 bits per heavy atom. The van der Waals surface area contributed by atoms with E-state index in [0.717, 1.165) is 0 Å². The molecule has 0 rings (SSSR count). The molecule has 1 atom stereocenters. The smallest absolute Gasteiger partial charge is 0.307 e. The summed E-state index contributed by atoms with van der Waals surface area (Å²) in [5.74, 6) is -2.21. The highest BCUT2D eigenvalue weighted by atomic mass is 16.4. The molecule has 5 nitrogen and oxygen atoms in total. The summed E-state index contributed by atoms with van der Waals surface area (Å²) < 4.78 is 0. The normalized spacial score (nSPS) is 13.8. The molecule has 16 heavy (non-hydrogen) atoms. The van der Waals surface area contributed by atoms with Gasteiger partial charge < -0.3 is 10.2 Å². The molecule has 0 aliphatic rings. The van der Waals surface area contributed by atoms with Gasteiger partial charge in [-0.05, 0) is 20.8 Å². The molecule has 0 aromatic rings. The van der Waals surface area contributed by atoms with Crippen molar-refractivity contribution < 1.29 is 19.8 Å².